The Hall–Kier alpha value is -2.31. The minimum Gasteiger partial charge on any atom is -0.353 e. The monoisotopic (exact) mass is 352 g/mol. The number of fused-ring (bicyclic) bond motifs is 1. The highest BCUT2D eigenvalue weighted by Crippen LogP contribution is 2.35. The predicted octanol–water partition coefficient (Wildman–Crippen LogP) is 2.63. The third-order valence-electron chi connectivity index (χ3n) is 5.64. The number of aryl methyl sites for hydroxylation is 1. The fraction of sp³-hybridized carbons (Fsp3) is 0.450. The summed E-state index contributed by atoms with van der Waals surface area (Å²) in [5.41, 5.74) is 19.1. The lowest BCUT2D eigenvalue weighted by atomic mass is 9.78. The van der Waals surface area contributed by atoms with Gasteiger partial charge in [-0.25, -0.2) is 9.66 Å². The Morgan fingerprint density at radius 2 is 2.12 bits per heavy atom. The number of rotatable bonds is 4. The maximum Gasteiger partial charge on any atom is 0.174 e. The number of nitrogens with one attached hydrogen (secondary N) is 2. The summed E-state index contributed by atoms with van der Waals surface area (Å²) in [6.07, 6.45) is 10.9. The lowest BCUT2D eigenvalue weighted by molar-refractivity contribution is 0.239. The van der Waals surface area contributed by atoms with Gasteiger partial charge in [-0.1, -0.05) is 19.1 Å². The summed E-state index contributed by atoms with van der Waals surface area (Å²) in [7, 11) is 0. The van der Waals surface area contributed by atoms with E-state index < -0.39 is 5.66 Å². The summed E-state index contributed by atoms with van der Waals surface area (Å²) in [4.78, 5) is 4.49. The van der Waals surface area contributed by atoms with Gasteiger partial charge in [0.2, 0.25) is 0 Å². The van der Waals surface area contributed by atoms with Crippen molar-refractivity contribution >= 4 is 11.4 Å². The molecule has 1 unspecified atom stereocenters. The van der Waals surface area contributed by atoms with Gasteiger partial charge in [-0.2, -0.15) is 0 Å². The van der Waals surface area contributed by atoms with Crippen molar-refractivity contribution < 1.29 is 0 Å². The fourth-order valence-electron chi connectivity index (χ4n) is 4.06. The molecule has 1 aliphatic heterocycles. The molecule has 1 aromatic heterocycles. The second-order valence-corrected chi connectivity index (χ2v) is 7.51. The van der Waals surface area contributed by atoms with Crippen molar-refractivity contribution in [1.82, 2.24) is 9.66 Å². The molecule has 6 N–H and O–H groups in total. The number of hydrogen-bond donors (Lipinski definition) is 4. The van der Waals surface area contributed by atoms with Crippen molar-refractivity contribution in [2.45, 2.75) is 50.7 Å². The first kappa shape index (κ1) is 17.1. The van der Waals surface area contributed by atoms with Gasteiger partial charge in [0.25, 0.3) is 0 Å². The predicted molar refractivity (Wildman–Crippen MR) is 106 cm³/mol. The number of imidazole rings is 1. The molecule has 1 aliphatic carbocycles. The van der Waals surface area contributed by atoms with E-state index in [-0.39, 0.29) is 0 Å². The first-order valence-corrected chi connectivity index (χ1v) is 9.52. The largest absolute Gasteiger partial charge is 0.353 e. The number of benzene rings is 1. The van der Waals surface area contributed by atoms with E-state index >= 15 is 0 Å². The highest BCUT2D eigenvalue weighted by Gasteiger charge is 2.39. The van der Waals surface area contributed by atoms with Crippen LogP contribution in [-0.4, -0.2) is 21.4 Å². The molecule has 26 heavy (non-hydrogen) atoms. The van der Waals surface area contributed by atoms with E-state index in [1.807, 2.05) is 10.9 Å². The van der Waals surface area contributed by atoms with Crippen LogP contribution in [-0.2, 0) is 6.42 Å². The molecule has 1 atom stereocenters. The minimum absolute atomic E-state index is 0.306. The van der Waals surface area contributed by atoms with Crippen LogP contribution in [0.4, 0.5) is 5.69 Å². The van der Waals surface area contributed by atoms with Crippen LogP contribution in [0, 0.1) is 5.92 Å². The summed E-state index contributed by atoms with van der Waals surface area (Å²) in [6.45, 7) is 2.16. The Balaban J connectivity index is 1.65. The first-order valence-electron chi connectivity index (χ1n) is 9.52. The van der Waals surface area contributed by atoms with Crippen LogP contribution in [0.25, 0.3) is 5.70 Å². The first-order chi connectivity index (χ1) is 12.6. The van der Waals surface area contributed by atoms with Crippen molar-refractivity contribution in [3.63, 3.8) is 0 Å². The zero-order valence-corrected chi connectivity index (χ0v) is 15.3. The normalized spacial score (nSPS) is 28.0. The molecule has 138 valence electrons. The van der Waals surface area contributed by atoms with Crippen molar-refractivity contribution in [1.29, 1.82) is 0 Å². The Morgan fingerprint density at radius 1 is 1.31 bits per heavy atom. The SMILES string of the molecule is CCc1cccc(NC2=CC(N)(C3CCC(N)CC3)Nn3ccnc32)c1. The van der Waals surface area contributed by atoms with Gasteiger partial charge in [0, 0.05) is 30.0 Å². The van der Waals surface area contributed by atoms with E-state index in [1.165, 1.54) is 5.56 Å². The maximum atomic E-state index is 6.84. The van der Waals surface area contributed by atoms with Crippen LogP contribution in [0.5, 0.6) is 0 Å². The summed E-state index contributed by atoms with van der Waals surface area (Å²) in [5.74, 6) is 1.19. The van der Waals surface area contributed by atoms with Crippen molar-refractivity contribution in [3.8, 4) is 0 Å². The zero-order valence-electron chi connectivity index (χ0n) is 15.3. The van der Waals surface area contributed by atoms with Gasteiger partial charge in [-0.05, 0) is 55.9 Å². The summed E-state index contributed by atoms with van der Waals surface area (Å²) < 4.78 is 1.93. The van der Waals surface area contributed by atoms with Crippen LogP contribution in [0.1, 0.15) is 44.0 Å². The molecule has 6 heteroatoms. The van der Waals surface area contributed by atoms with Crippen molar-refractivity contribution in [3.05, 3.63) is 54.1 Å². The third-order valence-corrected chi connectivity index (χ3v) is 5.64. The minimum atomic E-state index is -0.613. The number of anilines is 1. The van der Waals surface area contributed by atoms with E-state index in [1.54, 1.807) is 6.20 Å². The molecule has 0 spiro atoms. The molecular formula is C20H28N6. The van der Waals surface area contributed by atoms with Crippen LogP contribution >= 0.6 is 0 Å². The van der Waals surface area contributed by atoms with E-state index in [4.69, 9.17) is 11.5 Å². The highest BCUT2D eigenvalue weighted by molar-refractivity contribution is 5.76. The van der Waals surface area contributed by atoms with E-state index in [0.717, 1.165) is 49.3 Å². The van der Waals surface area contributed by atoms with Crippen molar-refractivity contribution in [2.75, 3.05) is 10.7 Å². The molecule has 0 bridgehead atoms. The molecule has 2 aromatic rings. The highest BCUT2D eigenvalue weighted by atomic mass is 15.5. The average Bonchev–Trinajstić information content (AvgIpc) is 3.10. The molecule has 1 fully saturated rings. The number of nitrogens with zero attached hydrogens (tertiary/aromatic N) is 2. The second kappa shape index (κ2) is 6.78. The lowest BCUT2D eigenvalue weighted by Crippen LogP contribution is -2.58. The Bertz CT molecular complexity index is 802. The van der Waals surface area contributed by atoms with Gasteiger partial charge in [0.1, 0.15) is 5.66 Å². The van der Waals surface area contributed by atoms with Crippen molar-refractivity contribution in [2.24, 2.45) is 17.4 Å². The fourth-order valence-corrected chi connectivity index (χ4v) is 4.06. The van der Waals surface area contributed by atoms with Gasteiger partial charge < -0.3 is 22.2 Å². The zero-order chi connectivity index (χ0) is 18.1. The summed E-state index contributed by atoms with van der Waals surface area (Å²) in [6, 6.07) is 8.77. The molecule has 0 amide bonds. The number of hydrogen-bond acceptors (Lipinski definition) is 5. The molecule has 0 radical (unpaired) electrons. The van der Waals surface area contributed by atoms with Crippen LogP contribution in [0.15, 0.2) is 42.7 Å². The van der Waals surface area contributed by atoms with Crippen LogP contribution in [0.3, 0.4) is 0 Å². The van der Waals surface area contributed by atoms with E-state index in [9.17, 15) is 0 Å². The van der Waals surface area contributed by atoms with Gasteiger partial charge >= 0.3 is 0 Å². The van der Waals surface area contributed by atoms with Gasteiger partial charge in [0.15, 0.2) is 5.82 Å². The van der Waals surface area contributed by atoms with Crippen LogP contribution < -0.4 is 22.2 Å². The maximum absolute atomic E-state index is 6.84. The molecule has 1 saturated carbocycles. The Labute approximate surface area is 154 Å². The quantitative estimate of drug-likeness (QED) is 0.679. The molecule has 2 heterocycles. The van der Waals surface area contributed by atoms with E-state index in [0.29, 0.717) is 12.0 Å². The summed E-state index contributed by atoms with van der Waals surface area (Å²) >= 11 is 0. The number of aromatic nitrogens is 2. The smallest absolute Gasteiger partial charge is 0.174 e. The third kappa shape index (κ3) is 3.22. The molecule has 4 rings (SSSR count). The molecule has 0 saturated heterocycles. The van der Waals surface area contributed by atoms with Gasteiger partial charge in [-0.3, -0.25) is 0 Å². The van der Waals surface area contributed by atoms with E-state index in [2.05, 4.69) is 53.0 Å². The number of nitrogens with two attached hydrogens (primary N) is 2. The molecule has 6 nitrogen and oxygen atoms in total. The van der Waals surface area contributed by atoms with Crippen LogP contribution in [0.2, 0.25) is 0 Å². The standard InChI is InChI=1S/C20H28N6/c1-2-14-4-3-5-17(12-14)24-18-13-20(22,15-6-8-16(21)9-7-15)25-26-11-10-23-19(18)26/h3-5,10-13,15-16,24-25H,2,6-9,21-22H2,1H3. The molecular weight excluding hydrogens is 324 g/mol. The van der Waals surface area contributed by atoms with Gasteiger partial charge in [-0.15, -0.1) is 0 Å². The Kier molecular flexibility index (Phi) is 4.46. The Morgan fingerprint density at radius 3 is 2.88 bits per heavy atom. The molecule has 2 aliphatic rings. The second-order valence-electron chi connectivity index (χ2n) is 7.51. The van der Waals surface area contributed by atoms with Gasteiger partial charge in [0.05, 0.1) is 5.70 Å². The lowest BCUT2D eigenvalue weighted by Gasteiger charge is -2.42. The topological polar surface area (TPSA) is 93.9 Å². The average molecular weight is 352 g/mol. The summed E-state index contributed by atoms with van der Waals surface area (Å²) in [5, 5.41) is 3.53. The molecule has 1 aromatic carbocycles.